The molecule has 0 fully saturated rings. The van der Waals surface area contributed by atoms with Crippen molar-refractivity contribution in [1.29, 1.82) is 0 Å². The van der Waals surface area contributed by atoms with Gasteiger partial charge in [0.1, 0.15) is 11.5 Å². The summed E-state index contributed by atoms with van der Waals surface area (Å²) in [6, 6.07) is 23.7. The van der Waals surface area contributed by atoms with Crippen molar-refractivity contribution in [3.05, 3.63) is 99.1 Å². The van der Waals surface area contributed by atoms with Gasteiger partial charge in [0, 0.05) is 27.8 Å². The van der Waals surface area contributed by atoms with E-state index in [1.807, 2.05) is 36.4 Å². The molecule has 32 heavy (non-hydrogen) atoms. The summed E-state index contributed by atoms with van der Waals surface area (Å²) in [5.74, 6) is 1.14. The average Bonchev–Trinajstić information content (AvgIpc) is 3.25. The maximum absolute atomic E-state index is 12.9. The molecule has 1 N–H and O–H groups in total. The van der Waals surface area contributed by atoms with Gasteiger partial charge in [-0.25, -0.2) is 0 Å². The van der Waals surface area contributed by atoms with Crippen molar-refractivity contribution in [1.82, 2.24) is 4.57 Å². The molecule has 0 atom stereocenters. The lowest BCUT2D eigenvalue weighted by atomic mass is 10.1. The first-order valence-electron chi connectivity index (χ1n) is 9.86. The number of benzene rings is 3. The quantitative estimate of drug-likeness (QED) is 0.335. The van der Waals surface area contributed by atoms with Gasteiger partial charge in [-0.2, -0.15) is 0 Å². The Hall–Kier alpha value is -3.61. The van der Waals surface area contributed by atoms with Crippen LogP contribution < -0.4 is 15.6 Å². The van der Waals surface area contributed by atoms with Gasteiger partial charge >= 0.3 is 0 Å². The first kappa shape index (κ1) is 20.3. The third-order valence-corrected chi connectivity index (χ3v) is 6.55. The lowest BCUT2D eigenvalue weighted by molar-refractivity contribution is 0.103. The van der Waals surface area contributed by atoms with Crippen LogP contribution in [0.25, 0.3) is 21.0 Å². The molecule has 0 aliphatic carbocycles. The molecule has 158 valence electrons. The van der Waals surface area contributed by atoms with Crippen LogP contribution >= 0.6 is 22.9 Å². The van der Waals surface area contributed by atoms with E-state index >= 15 is 0 Å². The monoisotopic (exact) mass is 460 g/mol. The molecule has 0 aliphatic rings. The molecule has 0 bridgehead atoms. The summed E-state index contributed by atoms with van der Waals surface area (Å²) in [6.45, 7) is 0. The average molecular weight is 461 g/mol. The Bertz CT molecular complexity index is 1520. The van der Waals surface area contributed by atoms with E-state index in [1.165, 1.54) is 11.3 Å². The van der Waals surface area contributed by atoms with Gasteiger partial charge in [-0.15, -0.1) is 11.3 Å². The number of amides is 1. The number of hydrogen-bond donors (Lipinski definition) is 1. The van der Waals surface area contributed by atoms with Crippen LogP contribution in [-0.2, 0) is 7.05 Å². The molecular formula is C25H17ClN2O3S. The van der Waals surface area contributed by atoms with E-state index in [0.29, 0.717) is 26.7 Å². The van der Waals surface area contributed by atoms with E-state index in [0.717, 1.165) is 21.4 Å². The summed E-state index contributed by atoms with van der Waals surface area (Å²) < 4.78 is 8.11. The van der Waals surface area contributed by atoms with E-state index in [4.69, 9.17) is 16.3 Å². The lowest BCUT2D eigenvalue weighted by Crippen LogP contribution is -2.16. The SMILES string of the molecule is Cn1c(=O)c2cc(C(=O)Nc3ccc(Oc4ccccc4)cc3)sc2c2ccc(Cl)cc21. The third kappa shape index (κ3) is 3.75. The molecule has 0 saturated heterocycles. The van der Waals surface area contributed by atoms with Crippen LogP contribution in [0.5, 0.6) is 11.5 Å². The molecule has 0 unspecified atom stereocenters. The van der Waals surface area contributed by atoms with Crippen molar-refractivity contribution in [2.45, 2.75) is 0 Å². The molecule has 2 heterocycles. The molecule has 7 heteroatoms. The molecule has 0 aliphatic heterocycles. The number of anilines is 1. The van der Waals surface area contributed by atoms with Gasteiger partial charge in [0.2, 0.25) is 0 Å². The Morgan fingerprint density at radius 2 is 1.66 bits per heavy atom. The number of nitrogens with one attached hydrogen (secondary N) is 1. The minimum absolute atomic E-state index is 0.160. The zero-order valence-electron chi connectivity index (χ0n) is 17.0. The molecular weight excluding hydrogens is 444 g/mol. The minimum atomic E-state index is -0.271. The second-order valence-electron chi connectivity index (χ2n) is 7.27. The van der Waals surface area contributed by atoms with E-state index in [-0.39, 0.29) is 11.5 Å². The number of hydrogen-bond acceptors (Lipinski definition) is 4. The summed E-state index contributed by atoms with van der Waals surface area (Å²) in [5, 5.41) is 4.85. The van der Waals surface area contributed by atoms with Gasteiger partial charge in [-0.3, -0.25) is 9.59 Å². The van der Waals surface area contributed by atoms with Crippen molar-refractivity contribution in [2.24, 2.45) is 7.05 Å². The highest BCUT2D eigenvalue weighted by atomic mass is 35.5. The highest BCUT2D eigenvalue weighted by molar-refractivity contribution is 7.21. The Balaban J connectivity index is 1.42. The number of fused-ring (bicyclic) bond motifs is 3. The van der Waals surface area contributed by atoms with Crippen LogP contribution in [0, 0.1) is 0 Å². The minimum Gasteiger partial charge on any atom is -0.457 e. The topological polar surface area (TPSA) is 60.3 Å². The fourth-order valence-electron chi connectivity index (χ4n) is 3.55. The number of thiophene rings is 1. The molecule has 0 saturated carbocycles. The predicted octanol–water partition coefficient (Wildman–Crippen LogP) is 6.45. The zero-order chi connectivity index (χ0) is 22.2. The van der Waals surface area contributed by atoms with E-state index in [2.05, 4.69) is 5.32 Å². The van der Waals surface area contributed by atoms with Gasteiger partial charge in [-0.1, -0.05) is 29.8 Å². The van der Waals surface area contributed by atoms with Crippen LogP contribution in [0.4, 0.5) is 5.69 Å². The summed E-state index contributed by atoms with van der Waals surface area (Å²) >= 11 is 7.41. The largest absolute Gasteiger partial charge is 0.457 e. The molecule has 0 radical (unpaired) electrons. The van der Waals surface area contributed by atoms with E-state index in [1.54, 1.807) is 54.1 Å². The van der Waals surface area contributed by atoms with Crippen LogP contribution in [0.15, 0.2) is 83.7 Å². The van der Waals surface area contributed by atoms with Crippen molar-refractivity contribution in [2.75, 3.05) is 5.32 Å². The Morgan fingerprint density at radius 1 is 0.938 bits per heavy atom. The maximum atomic E-state index is 12.9. The molecule has 2 aromatic heterocycles. The number of ether oxygens (including phenoxy) is 1. The van der Waals surface area contributed by atoms with Crippen molar-refractivity contribution in [3.63, 3.8) is 0 Å². The van der Waals surface area contributed by atoms with Crippen LogP contribution in [-0.4, -0.2) is 10.5 Å². The van der Waals surface area contributed by atoms with Gasteiger partial charge in [0.05, 0.1) is 15.8 Å². The highest BCUT2D eigenvalue weighted by Gasteiger charge is 2.17. The summed E-state index contributed by atoms with van der Waals surface area (Å²) in [5.41, 5.74) is 1.21. The number of carbonyl (C=O) groups excluding carboxylic acids is 1. The lowest BCUT2D eigenvalue weighted by Gasteiger charge is -2.07. The van der Waals surface area contributed by atoms with Gasteiger partial charge in [0.25, 0.3) is 11.5 Å². The number of rotatable bonds is 4. The first-order valence-corrected chi connectivity index (χ1v) is 11.1. The van der Waals surface area contributed by atoms with Crippen LogP contribution in [0.2, 0.25) is 5.02 Å². The van der Waals surface area contributed by atoms with Gasteiger partial charge in [-0.05, 0) is 60.7 Å². The summed E-state index contributed by atoms with van der Waals surface area (Å²) in [7, 11) is 1.71. The second-order valence-corrected chi connectivity index (χ2v) is 8.76. The third-order valence-electron chi connectivity index (χ3n) is 5.15. The number of carbonyl (C=O) groups is 1. The van der Waals surface area contributed by atoms with E-state index < -0.39 is 0 Å². The normalized spacial score (nSPS) is 11.1. The molecule has 3 aromatic carbocycles. The van der Waals surface area contributed by atoms with Gasteiger partial charge in [0.15, 0.2) is 0 Å². The number of nitrogens with zero attached hydrogens (tertiary/aromatic N) is 1. The predicted molar refractivity (Wildman–Crippen MR) is 130 cm³/mol. The molecule has 5 rings (SSSR count). The molecule has 1 amide bonds. The second kappa shape index (κ2) is 8.15. The van der Waals surface area contributed by atoms with Crippen LogP contribution in [0.3, 0.4) is 0 Å². The van der Waals surface area contributed by atoms with Gasteiger partial charge < -0.3 is 14.6 Å². The zero-order valence-corrected chi connectivity index (χ0v) is 18.5. The molecule has 5 aromatic rings. The maximum Gasteiger partial charge on any atom is 0.265 e. The number of para-hydroxylation sites is 1. The van der Waals surface area contributed by atoms with Crippen molar-refractivity contribution >= 4 is 55.5 Å². The molecule has 0 spiro atoms. The molecule has 5 nitrogen and oxygen atoms in total. The standard InChI is InChI=1S/C25H17ClN2O3S/c1-28-21-13-15(26)7-12-19(21)23-20(25(28)30)14-22(32-23)24(29)27-16-8-10-18(11-9-16)31-17-5-3-2-4-6-17/h2-14H,1H3,(H,27,29). The van der Waals surface area contributed by atoms with Crippen molar-refractivity contribution < 1.29 is 9.53 Å². The summed E-state index contributed by atoms with van der Waals surface area (Å²) in [4.78, 5) is 26.2. The fourth-order valence-corrected chi connectivity index (χ4v) is 4.80. The summed E-state index contributed by atoms with van der Waals surface area (Å²) in [6.07, 6.45) is 0. The van der Waals surface area contributed by atoms with Crippen molar-refractivity contribution in [3.8, 4) is 11.5 Å². The number of aryl methyl sites for hydroxylation is 1. The van der Waals surface area contributed by atoms with Crippen LogP contribution in [0.1, 0.15) is 9.67 Å². The Morgan fingerprint density at radius 3 is 2.41 bits per heavy atom. The first-order chi connectivity index (χ1) is 15.5. The van der Waals surface area contributed by atoms with E-state index in [9.17, 15) is 9.59 Å². The number of aromatic nitrogens is 1. The Labute approximate surface area is 192 Å². The smallest absolute Gasteiger partial charge is 0.265 e. The Kier molecular flexibility index (Phi) is 5.17. The fraction of sp³-hybridized carbons (Fsp3) is 0.0400. The number of pyridine rings is 1. The number of halogens is 1. The highest BCUT2D eigenvalue weighted by Crippen LogP contribution is 2.32.